The van der Waals surface area contributed by atoms with Crippen LogP contribution in [0.5, 0.6) is 5.75 Å². The summed E-state index contributed by atoms with van der Waals surface area (Å²) in [6.45, 7) is 0.951. The smallest absolute Gasteiger partial charge is 0.270 e. The van der Waals surface area contributed by atoms with E-state index in [0.717, 1.165) is 16.9 Å². The van der Waals surface area contributed by atoms with Gasteiger partial charge in [-0.15, -0.1) is 0 Å². The molecular weight excluding hydrogens is 328 g/mol. The number of carbonyl (C=O) groups is 1. The molecule has 132 valence electrons. The van der Waals surface area contributed by atoms with E-state index < -0.39 is 0 Å². The lowest BCUT2D eigenvalue weighted by Gasteiger charge is -2.10. The van der Waals surface area contributed by atoms with E-state index in [0.29, 0.717) is 24.7 Å². The van der Waals surface area contributed by atoms with Crippen molar-refractivity contribution in [1.82, 2.24) is 15.3 Å². The molecule has 0 fully saturated rings. The predicted molar refractivity (Wildman–Crippen MR) is 100.0 cm³/mol. The zero-order chi connectivity index (χ0) is 18.2. The molecule has 6 heteroatoms. The standard InChI is InChI=1S/C20H20N4O2/c1-26-18-10-6-5-9-16(18)14-22-19(25)17-11-12-21-20(24-17)23-13-15-7-3-2-4-8-15/h2-12H,13-14H2,1H3,(H,22,25)(H,21,23,24). The molecule has 2 aromatic carbocycles. The second-order valence-corrected chi connectivity index (χ2v) is 5.60. The maximum absolute atomic E-state index is 12.4. The van der Waals surface area contributed by atoms with Crippen LogP contribution in [0.25, 0.3) is 0 Å². The summed E-state index contributed by atoms with van der Waals surface area (Å²) in [6.07, 6.45) is 1.57. The highest BCUT2D eigenvalue weighted by Crippen LogP contribution is 2.16. The third-order valence-electron chi connectivity index (χ3n) is 3.81. The monoisotopic (exact) mass is 348 g/mol. The number of nitrogens with one attached hydrogen (secondary N) is 2. The van der Waals surface area contributed by atoms with Crippen LogP contribution in [0.4, 0.5) is 5.95 Å². The molecule has 0 aliphatic rings. The van der Waals surface area contributed by atoms with Gasteiger partial charge in [0.2, 0.25) is 5.95 Å². The lowest BCUT2D eigenvalue weighted by molar-refractivity contribution is 0.0945. The van der Waals surface area contributed by atoms with Gasteiger partial charge >= 0.3 is 0 Å². The predicted octanol–water partition coefficient (Wildman–Crippen LogP) is 3.03. The fourth-order valence-corrected chi connectivity index (χ4v) is 2.46. The molecule has 1 amide bonds. The maximum atomic E-state index is 12.4. The molecule has 0 spiro atoms. The Hall–Kier alpha value is -3.41. The van der Waals surface area contributed by atoms with Crippen molar-refractivity contribution in [2.24, 2.45) is 0 Å². The van der Waals surface area contributed by atoms with E-state index in [9.17, 15) is 4.79 Å². The van der Waals surface area contributed by atoms with Gasteiger partial charge in [-0.1, -0.05) is 48.5 Å². The Bertz CT molecular complexity index is 868. The first-order valence-electron chi connectivity index (χ1n) is 8.27. The fourth-order valence-electron chi connectivity index (χ4n) is 2.46. The molecule has 0 atom stereocenters. The number of carbonyl (C=O) groups excluding carboxylic acids is 1. The number of benzene rings is 2. The van der Waals surface area contributed by atoms with Gasteiger partial charge in [-0.05, 0) is 17.7 Å². The Morgan fingerprint density at radius 1 is 1.00 bits per heavy atom. The van der Waals surface area contributed by atoms with Crippen LogP contribution in [0.1, 0.15) is 21.6 Å². The van der Waals surface area contributed by atoms with Gasteiger partial charge in [0.1, 0.15) is 11.4 Å². The Balaban J connectivity index is 1.61. The average molecular weight is 348 g/mol. The Morgan fingerprint density at radius 3 is 2.58 bits per heavy atom. The quantitative estimate of drug-likeness (QED) is 0.686. The van der Waals surface area contributed by atoms with Crippen LogP contribution in [0.3, 0.4) is 0 Å². The van der Waals surface area contributed by atoms with Crippen LogP contribution < -0.4 is 15.4 Å². The van der Waals surface area contributed by atoms with Crippen molar-refractivity contribution in [3.05, 3.63) is 83.7 Å². The fraction of sp³-hybridized carbons (Fsp3) is 0.150. The van der Waals surface area contributed by atoms with Gasteiger partial charge < -0.3 is 15.4 Å². The van der Waals surface area contributed by atoms with Crippen molar-refractivity contribution in [2.45, 2.75) is 13.1 Å². The first kappa shape index (κ1) is 17.4. The first-order valence-corrected chi connectivity index (χ1v) is 8.27. The summed E-state index contributed by atoms with van der Waals surface area (Å²) >= 11 is 0. The van der Waals surface area contributed by atoms with E-state index in [1.54, 1.807) is 19.4 Å². The highest BCUT2D eigenvalue weighted by Gasteiger charge is 2.10. The van der Waals surface area contributed by atoms with Crippen molar-refractivity contribution in [2.75, 3.05) is 12.4 Å². The van der Waals surface area contributed by atoms with Crippen LogP contribution in [0.15, 0.2) is 66.9 Å². The molecule has 3 aromatic rings. The summed E-state index contributed by atoms with van der Waals surface area (Å²) in [6, 6.07) is 19.1. The van der Waals surface area contributed by atoms with Crippen LogP contribution >= 0.6 is 0 Å². The number of hydrogen-bond donors (Lipinski definition) is 2. The minimum Gasteiger partial charge on any atom is -0.496 e. The number of anilines is 1. The number of amides is 1. The van der Waals surface area contributed by atoms with E-state index in [4.69, 9.17) is 4.74 Å². The van der Waals surface area contributed by atoms with Gasteiger partial charge in [0.15, 0.2) is 0 Å². The highest BCUT2D eigenvalue weighted by atomic mass is 16.5. The SMILES string of the molecule is COc1ccccc1CNC(=O)c1ccnc(NCc2ccccc2)n1. The van der Waals surface area contributed by atoms with Crippen LogP contribution in [-0.2, 0) is 13.1 Å². The first-order chi connectivity index (χ1) is 12.8. The van der Waals surface area contributed by atoms with Gasteiger partial charge in [0.05, 0.1) is 7.11 Å². The van der Waals surface area contributed by atoms with E-state index in [1.165, 1.54) is 0 Å². The van der Waals surface area contributed by atoms with Gasteiger partial charge in [0.25, 0.3) is 5.91 Å². The summed E-state index contributed by atoms with van der Waals surface area (Å²) in [7, 11) is 1.61. The molecule has 1 aromatic heterocycles. The zero-order valence-corrected chi connectivity index (χ0v) is 14.5. The summed E-state index contributed by atoms with van der Waals surface area (Å²) in [4.78, 5) is 20.8. The number of para-hydroxylation sites is 1. The molecule has 0 aliphatic heterocycles. The van der Waals surface area contributed by atoms with E-state index >= 15 is 0 Å². The third kappa shape index (κ3) is 4.57. The summed E-state index contributed by atoms with van der Waals surface area (Å²) in [5, 5.41) is 5.98. The Labute approximate surface area is 152 Å². The van der Waals surface area contributed by atoms with Gasteiger partial charge in [-0.2, -0.15) is 0 Å². The molecular formula is C20H20N4O2. The highest BCUT2D eigenvalue weighted by molar-refractivity contribution is 5.92. The molecule has 26 heavy (non-hydrogen) atoms. The largest absolute Gasteiger partial charge is 0.496 e. The second kappa shape index (κ2) is 8.62. The number of nitrogens with zero attached hydrogens (tertiary/aromatic N) is 2. The van der Waals surface area contributed by atoms with E-state index in [1.807, 2.05) is 54.6 Å². The van der Waals surface area contributed by atoms with Crippen molar-refractivity contribution in [3.8, 4) is 5.75 Å². The summed E-state index contributed by atoms with van der Waals surface area (Å²) in [5.41, 5.74) is 2.33. The molecule has 0 saturated carbocycles. The van der Waals surface area contributed by atoms with Crippen molar-refractivity contribution >= 4 is 11.9 Å². The number of hydrogen-bond acceptors (Lipinski definition) is 5. The van der Waals surface area contributed by atoms with E-state index in [-0.39, 0.29) is 5.91 Å². The number of ether oxygens (including phenoxy) is 1. The molecule has 3 rings (SSSR count). The summed E-state index contributed by atoms with van der Waals surface area (Å²) in [5.74, 6) is 0.889. The van der Waals surface area contributed by atoms with E-state index in [2.05, 4.69) is 20.6 Å². The van der Waals surface area contributed by atoms with Gasteiger partial charge in [-0.25, -0.2) is 9.97 Å². The number of rotatable bonds is 7. The molecule has 0 saturated heterocycles. The van der Waals surface area contributed by atoms with Crippen LogP contribution in [-0.4, -0.2) is 23.0 Å². The lowest BCUT2D eigenvalue weighted by Crippen LogP contribution is -2.24. The minimum atomic E-state index is -0.263. The second-order valence-electron chi connectivity index (χ2n) is 5.60. The molecule has 0 bridgehead atoms. The number of methoxy groups -OCH3 is 1. The van der Waals surface area contributed by atoms with Crippen molar-refractivity contribution < 1.29 is 9.53 Å². The Kier molecular flexibility index (Phi) is 5.77. The van der Waals surface area contributed by atoms with Crippen LogP contribution in [0.2, 0.25) is 0 Å². The molecule has 2 N–H and O–H groups in total. The van der Waals surface area contributed by atoms with Crippen molar-refractivity contribution in [1.29, 1.82) is 0 Å². The van der Waals surface area contributed by atoms with Gasteiger partial charge in [0, 0.05) is 24.8 Å². The van der Waals surface area contributed by atoms with Crippen molar-refractivity contribution in [3.63, 3.8) is 0 Å². The molecule has 0 radical (unpaired) electrons. The Morgan fingerprint density at radius 2 is 1.77 bits per heavy atom. The number of aromatic nitrogens is 2. The van der Waals surface area contributed by atoms with Crippen LogP contribution in [0, 0.1) is 0 Å². The topological polar surface area (TPSA) is 76.1 Å². The minimum absolute atomic E-state index is 0.263. The lowest BCUT2D eigenvalue weighted by atomic mass is 10.2. The molecule has 0 unspecified atom stereocenters. The molecule has 1 heterocycles. The normalized spacial score (nSPS) is 10.2. The zero-order valence-electron chi connectivity index (χ0n) is 14.5. The third-order valence-corrected chi connectivity index (χ3v) is 3.81. The molecule has 6 nitrogen and oxygen atoms in total. The molecule has 0 aliphatic carbocycles. The maximum Gasteiger partial charge on any atom is 0.270 e. The summed E-state index contributed by atoms with van der Waals surface area (Å²) < 4.78 is 5.29. The average Bonchev–Trinajstić information content (AvgIpc) is 2.71. The van der Waals surface area contributed by atoms with Gasteiger partial charge in [-0.3, -0.25) is 4.79 Å².